The number of guanidine groups is 1. The van der Waals surface area contributed by atoms with Crippen molar-refractivity contribution in [3.63, 3.8) is 0 Å². The summed E-state index contributed by atoms with van der Waals surface area (Å²) in [4.78, 5) is 8.93. The van der Waals surface area contributed by atoms with Gasteiger partial charge in [0.25, 0.3) is 0 Å². The molecule has 0 spiro atoms. The third-order valence-electron chi connectivity index (χ3n) is 4.81. The second kappa shape index (κ2) is 14.6. The van der Waals surface area contributed by atoms with Crippen LogP contribution in [-0.4, -0.2) is 37.2 Å². The van der Waals surface area contributed by atoms with Crippen LogP contribution < -0.4 is 10.6 Å². The molecule has 7 heteroatoms. The zero-order chi connectivity index (χ0) is 18.6. The number of hydrogen-bond acceptors (Lipinski definition) is 4. The van der Waals surface area contributed by atoms with E-state index in [9.17, 15) is 0 Å². The van der Waals surface area contributed by atoms with E-state index in [1.807, 2.05) is 7.05 Å². The van der Waals surface area contributed by atoms with Gasteiger partial charge in [-0.25, -0.2) is 4.98 Å². The summed E-state index contributed by atoms with van der Waals surface area (Å²) in [5, 5.41) is 9.97. The molecule has 1 aromatic rings. The van der Waals surface area contributed by atoms with Crippen LogP contribution in [0.25, 0.3) is 0 Å². The Morgan fingerprint density at radius 2 is 1.96 bits per heavy atom. The highest BCUT2D eigenvalue weighted by molar-refractivity contribution is 14.0. The van der Waals surface area contributed by atoms with Crippen LogP contribution in [0.4, 0.5) is 0 Å². The van der Waals surface area contributed by atoms with Gasteiger partial charge in [-0.2, -0.15) is 0 Å². The van der Waals surface area contributed by atoms with E-state index in [2.05, 4.69) is 39.8 Å². The summed E-state index contributed by atoms with van der Waals surface area (Å²) in [5.74, 6) is 1.33. The highest BCUT2D eigenvalue weighted by Crippen LogP contribution is 2.20. The molecule has 0 aliphatic heterocycles. The van der Waals surface area contributed by atoms with E-state index in [1.165, 1.54) is 44.2 Å². The molecule has 0 radical (unpaired) electrons. The standard InChI is InChI=1S/C20H36N4OS.HI/c1-16(2)18-15-26-19(24-18)14-23-20(21-3)22-12-8-9-13-25-17-10-6-4-5-7-11-17;/h15-17H,4-14H2,1-3H3,(H2,21,22,23);1H. The molecular formula is C20H37IN4OS. The summed E-state index contributed by atoms with van der Waals surface area (Å²) < 4.78 is 6.04. The van der Waals surface area contributed by atoms with Crippen molar-refractivity contribution in [1.29, 1.82) is 0 Å². The molecular weight excluding hydrogens is 471 g/mol. The van der Waals surface area contributed by atoms with Crippen LogP contribution in [-0.2, 0) is 11.3 Å². The normalized spacial score (nSPS) is 16.1. The fourth-order valence-corrected chi connectivity index (χ4v) is 4.04. The lowest BCUT2D eigenvalue weighted by Crippen LogP contribution is -2.37. The number of ether oxygens (including phenoxy) is 1. The highest BCUT2D eigenvalue weighted by atomic mass is 127. The van der Waals surface area contributed by atoms with Gasteiger partial charge in [0.1, 0.15) is 5.01 Å². The first-order valence-corrected chi connectivity index (χ1v) is 11.1. The van der Waals surface area contributed by atoms with Crippen LogP contribution in [0, 0.1) is 0 Å². The Morgan fingerprint density at radius 1 is 1.22 bits per heavy atom. The third-order valence-corrected chi connectivity index (χ3v) is 5.68. The Kier molecular flexibility index (Phi) is 13.3. The van der Waals surface area contributed by atoms with Crippen LogP contribution in [0.5, 0.6) is 0 Å². The molecule has 0 unspecified atom stereocenters. The van der Waals surface area contributed by atoms with Crippen LogP contribution in [0.2, 0.25) is 0 Å². The molecule has 0 saturated heterocycles. The molecule has 5 nitrogen and oxygen atoms in total. The van der Waals surface area contributed by atoms with Gasteiger partial charge < -0.3 is 15.4 Å². The second-order valence-corrected chi connectivity index (χ2v) is 8.31. The maximum atomic E-state index is 6.04. The molecule has 1 fully saturated rings. The lowest BCUT2D eigenvalue weighted by molar-refractivity contribution is 0.0411. The Hall–Kier alpha value is -0.410. The van der Waals surface area contributed by atoms with E-state index in [0.717, 1.165) is 43.5 Å². The summed E-state index contributed by atoms with van der Waals surface area (Å²) in [5.41, 5.74) is 1.17. The van der Waals surface area contributed by atoms with Gasteiger partial charge in [0, 0.05) is 25.6 Å². The summed E-state index contributed by atoms with van der Waals surface area (Å²) in [6, 6.07) is 0. The van der Waals surface area contributed by atoms with Crippen molar-refractivity contribution in [1.82, 2.24) is 15.6 Å². The van der Waals surface area contributed by atoms with Gasteiger partial charge in [0.05, 0.1) is 18.3 Å². The average molecular weight is 509 g/mol. The fraction of sp³-hybridized carbons (Fsp3) is 0.800. The van der Waals surface area contributed by atoms with Gasteiger partial charge in [-0.1, -0.05) is 39.5 Å². The summed E-state index contributed by atoms with van der Waals surface area (Å²) >= 11 is 1.71. The Morgan fingerprint density at radius 3 is 2.59 bits per heavy atom. The molecule has 0 atom stereocenters. The zero-order valence-corrected chi connectivity index (χ0v) is 20.3. The molecule has 0 bridgehead atoms. The van der Waals surface area contributed by atoms with Crippen molar-refractivity contribution in [3.05, 3.63) is 16.1 Å². The number of unbranched alkanes of at least 4 members (excludes halogenated alkanes) is 1. The molecule has 1 aliphatic carbocycles. The first kappa shape index (κ1) is 24.6. The van der Waals surface area contributed by atoms with E-state index < -0.39 is 0 Å². The predicted molar refractivity (Wildman–Crippen MR) is 126 cm³/mol. The Bertz CT molecular complexity index is 528. The molecule has 156 valence electrons. The zero-order valence-electron chi connectivity index (χ0n) is 17.1. The lowest BCUT2D eigenvalue weighted by Gasteiger charge is -2.15. The van der Waals surface area contributed by atoms with Gasteiger partial charge in [0.15, 0.2) is 5.96 Å². The van der Waals surface area contributed by atoms with E-state index in [0.29, 0.717) is 12.0 Å². The van der Waals surface area contributed by atoms with Gasteiger partial charge in [0.2, 0.25) is 0 Å². The molecule has 1 saturated carbocycles. The van der Waals surface area contributed by atoms with Crippen molar-refractivity contribution in [3.8, 4) is 0 Å². The third kappa shape index (κ3) is 10.1. The summed E-state index contributed by atoms with van der Waals surface area (Å²) in [7, 11) is 1.81. The van der Waals surface area contributed by atoms with Gasteiger partial charge in [-0.15, -0.1) is 35.3 Å². The minimum Gasteiger partial charge on any atom is -0.378 e. The average Bonchev–Trinajstić information content (AvgIpc) is 2.97. The molecule has 0 aromatic carbocycles. The van der Waals surface area contributed by atoms with E-state index >= 15 is 0 Å². The van der Waals surface area contributed by atoms with Crippen molar-refractivity contribution in [2.45, 2.75) is 83.8 Å². The van der Waals surface area contributed by atoms with E-state index in [-0.39, 0.29) is 24.0 Å². The fourth-order valence-electron chi connectivity index (χ4n) is 3.14. The molecule has 2 rings (SSSR count). The van der Waals surface area contributed by atoms with Gasteiger partial charge >= 0.3 is 0 Å². The molecule has 27 heavy (non-hydrogen) atoms. The monoisotopic (exact) mass is 508 g/mol. The van der Waals surface area contributed by atoms with E-state index in [4.69, 9.17) is 4.74 Å². The summed E-state index contributed by atoms with van der Waals surface area (Å²) in [6.07, 6.45) is 10.7. The first-order valence-electron chi connectivity index (χ1n) is 10.2. The predicted octanol–water partition coefficient (Wildman–Crippen LogP) is 5.07. The largest absolute Gasteiger partial charge is 0.378 e. The van der Waals surface area contributed by atoms with Crippen LogP contribution >= 0.6 is 35.3 Å². The molecule has 1 aromatic heterocycles. The number of hydrogen-bond donors (Lipinski definition) is 2. The van der Waals surface area contributed by atoms with Crippen molar-refractivity contribution < 1.29 is 4.74 Å². The minimum atomic E-state index is 0. The number of rotatable bonds is 9. The number of nitrogens with one attached hydrogen (secondary N) is 2. The number of aromatic nitrogens is 1. The number of thiazole rings is 1. The Balaban J connectivity index is 0.00000364. The second-order valence-electron chi connectivity index (χ2n) is 7.36. The van der Waals surface area contributed by atoms with Crippen LogP contribution in [0.15, 0.2) is 10.4 Å². The van der Waals surface area contributed by atoms with E-state index in [1.54, 1.807) is 11.3 Å². The van der Waals surface area contributed by atoms with Gasteiger partial charge in [-0.3, -0.25) is 4.99 Å². The summed E-state index contributed by atoms with van der Waals surface area (Å²) in [6.45, 7) is 6.87. The van der Waals surface area contributed by atoms with Gasteiger partial charge in [-0.05, 0) is 31.6 Å². The van der Waals surface area contributed by atoms with Crippen molar-refractivity contribution >= 4 is 41.3 Å². The topological polar surface area (TPSA) is 58.5 Å². The van der Waals surface area contributed by atoms with Crippen molar-refractivity contribution in [2.24, 2.45) is 4.99 Å². The first-order chi connectivity index (χ1) is 12.7. The quantitative estimate of drug-likeness (QED) is 0.161. The smallest absolute Gasteiger partial charge is 0.191 e. The Labute approximate surface area is 186 Å². The molecule has 1 aliphatic rings. The maximum Gasteiger partial charge on any atom is 0.191 e. The number of halogens is 1. The van der Waals surface area contributed by atoms with Crippen molar-refractivity contribution in [2.75, 3.05) is 20.2 Å². The number of nitrogens with zero attached hydrogens (tertiary/aromatic N) is 2. The minimum absolute atomic E-state index is 0. The highest BCUT2D eigenvalue weighted by Gasteiger charge is 2.12. The SMILES string of the molecule is CN=C(NCCCCOC1CCCCCC1)NCc1nc(C(C)C)cs1.I. The number of aliphatic imine (C=N–C) groups is 1. The van der Waals surface area contributed by atoms with Crippen LogP contribution in [0.1, 0.15) is 81.8 Å². The molecule has 0 amide bonds. The van der Waals surface area contributed by atoms with Crippen LogP contribution in [0.3, 0.4) is 0 Å². The lowest BCUT2D eigenvalue weighted by atomic mass is 10.1. The maximum absolute atomic E-state index is 6.04. The molecule has 1 heterocycles. The molecule has 2 N–H and O–H groups in total.